The second kappa shape index (κ2) is 9.78. The Balaban J connectivity index is 1.26. The van der Waals surface area contributed by atoms with Crippen molar-refractivity contribution >= 4 is 22.4 Å². The van der Waals surface area contributed by atoms with E-state index in [2.05, 4.69) is 57.5 Å². The minimum absolute atomic E-state index is 0.0214. The third-order valence-corrected chi connectivity index (χ3v) is 9.18. The lowest BCUT2D eigenvalue weighted by molar-refractivity contribution is 0.103. The molecule has 1 N–H and O–H groups in total. The number of piperazine rings is 1. The van der Waals surface area contributed by atoms with Gasteiger partial charge in [0.05, 0.1) is 42.6 Å². The molecule has 0 unspecified atom stereocenters. The predicted octanol–water partition coefficient (Wildman–Crippen LogP) is 3.88. The van der Waals surface area contributed by atoms with Crippen LogP contribution in [0.3, 0.4) is 0 Å². The molecule has 0 amide bonds. The lowest BCUT2D eigenvalue weighted by Crippen LogP contribution is -2.47. The minimum atomic E-state index is -0.418. The standard InChI is InChI=1S/C33H35N5O2/c1-33(2)27-20-29(38-14-16-40-17-15-38)23(4-3-9-36-10-12-37(13-11-36)24-6-7-24)19-26(27)31(39)30-25-8-5-22(21-34)18-28(25)35-32(30)33/h5,8,18-20,24,35H,6-7,9-17H2,1-2H3. The Bertz CT molecular complexity index is 1600. The number of H-pyrrole nitrogens is 1. The molecule has 0 radical (unpaired) electrons. The first kappa shape index (κ1) is 25.4. The molecule has 3 heterocycles. The van der Waals surface area contributed by atoms with Gasteiger partial charge in [0.15, 0.2) is 5.78 Å². The van der Waals surface area contributed by atoms with Crippen molar-refractivity contribution in [1.82, 2.24) is 14.8 Å². The largest absolute Gasteiger partial charge is 0.378 e. The van der Waals surface area contributed by atoms with Gasteiger partial charge in [-0.25, -0.2) is 0 Å². The summed E-state index contributed by atoms with van der Waals surface area (Å²) < 4.78 is 5.65. The summed E-state index contributed by atoms with van der Waals surface area (Å²) >= 11 is 0. The van der Waals surface area contributed by atoms with Crippen LogP contribution in [0.1, 0.15) is 65.0 Å². The van der Waals surface area contributed by atoms with E-state index in [-0.39, 0.29) is 5.78 Å². The molecule has 3 aromatic rings. The summed E-state index contributed by atoms with van der Waals surface area (Å²) in [5, 5.41) is 10.3. The fourth-order valence-corrected chi connectivity index (χ4v) is 6.67. The topological polar surface area (TPSA) is 75.6 Å². The van der Waals surface area contributed by atoms with Crippen molar-refractivity contribution in [3.05, 3.63) is 63.8 Å². The second-order valence-electron chi connectivity index (χ2n) is 12.1. The molecule has 204 valence electrons. The van der Waals surface area contributed by atoms with Gasteiger partial charge in [-0.05, 0) is 42.7 Å². The van der Waals surface area contributed by atoms with Crippen molar-refractivity contribution in [3.63, 3.8) is 0 Å². The fourth-order valence-electron chi connectivity index (χ4n) is 6.67. The van der Waals surface area contributed by atoms with Gasteiger partial charge in [-0.3, -0.25) is 14.6 Å². The van der Waals surface area contributed by atoms with Crippen molar-refractivity contribution in [2.24, 2.45) is 0 Å². The monoisotopic (exact) mass is 533 g/mol. The fraction of sp³-hybridized carbons (Fsp3) is 0.455. The predicted molar refractivity (Wildman–Crippen MR) is 156 cm³/mol. The zero-order chi connectivity index (χ0) is 27.4. The molecular weight excluding hydrogens is 498 g/mol. The van der Waals surface area contributed by atoms with E-state index in [0.29, 0.717) is 24.3 Å². The maximum Gasteiger partial charge on any atom is 0.195 e. The number of morpholine rings is 1. The summed E-state index contributed by atoms with van der Waals surface area (Å²) in [6.45, 7) is 12.5. The summed E-state index contributed by atoms with van der Waals surface area (Å²) in [5.74, 6) is 6.97. The Morgan fingerprint density at radius 2 is 1.82 bits per heavy atom. The second-order valence-corrected chi connectivity index (χ2v) is 12.1. The van der Waals surface area contributed by atoms with Crippen molar-refractivity contribution in [3.8, 4) is 17.9 Å². The number of ether oxygens (including phenoxy) is 1. The molecule has 1 saturated carbocycles. The summed E-state index contributed by atoms with van der Waals surface area (Å²) in [7, 11) is 0. The number of hydrogen-bond donors (Lipinski definition) is 1. The number of nitrogens with one attached hydrogen (secondary N) is 1. The summed E-state index contributed by atoms with van der Waals surface area (Å²) in [6, 6.07) is 12.8. The number of aromatic nitrogens is 1. The maximum absolute atomic E-state index is 14.1. The number of hydrogen-bond acceptors (Lipinski definition) is 6. The summed E-state index contributed by atoms with van der Waals surface area (Å²) in [4.78, 5) is 25.0. The van der Waals surface area contributed by atoms with Gasteiger partial charge in [-0.2, -0.15) is 5.26 Å². The smallest absolute Gasteiger partial charge is 0.195 e. The lowest BCUT2D eigenvalue weighted by Gasteiger charge is -2.36. The van der Waals surface area contributed by atoms with Crippen LogP contribution in [-0.2, 0) is 10.2 Å². The van der Waals surface area contributed by atoms with E-state index in [1.807, 2.05) is 18.2 Å². The van der Waals surface area contributed by atoms with Crippen LogP contribution >= 0.6 is 0 Å². The van der Waals surface area contributed by atoms with Crippen LogP contribution < -0.4 is 4.90 Å². The Morgan fingerprint density at radius 1 is 1.05 bits per heavy atom. The Kier molecular flexibility index (Phi) is 6.20. The third kappa shape index (κ3) is 4.30. The van der Waals surface area contributed by atoms with Crippen LogP contribution in [0.25, 0.3) is 10.9 Å². The molecular formula is C33H35N5O2. The van der Waals surface area contributed by atoms with E-state index in [1.54, 1.807) is 6.07 Å². The number of anilines is 1. The highest BCUT2D eigenvalue weighted by Gasteiger charge is 2.40. The Labute approximate surface area is 235 Å². The molecule has 7 nitrogen and oxygen atoms in total. The first-order valence-electron chi connectivity index (χ1n) is 14.5. The molecule has 4 aliphatic rings. The van der Waals surface area contributed by atoms with E-state index in [0.717, 1.165) is 90.8 Å². The van der Waals surface area contributed by atoms with Crippen LogP contribution in [0.5, 0.6) is 0 Å². The van der Waals surface area contributed by atoms with Gasteiger partial charge in [0.1, 0.15) is 0 Å². The number of carbonyl (C=O) groups excluding carboxylic acids is 1. The molecule has 0 bridgehead atoms. The number of aromatic amines is 1. The molecule has 7 rings (SSSR count). The molecule has 2 aliphatic carbocycles. The molecule has 40 heavy (non-hydrogen) atoms. The molecule has 2 saturated heterocycles. The minimum Gasteiger partial charge on any atom is -0.378 e. The van der Waals surface area contributed by atoms with Crippen LogP contribution in [0.4, 0.5) is 5.69 Å². The van der Waals surface area contributed by atoms with Crippen LogP contribution in [0.15, 0.2) is 30.3 Å². The van der Waals surface area contributed by atoms with Crippen LogP contribution in [0, 0.1) is 23.2 Å². The normalized spacial score (nSPS) is 20.9. The van der Waals surface area contributed by atoms with E-state index in [1.165, 1.54) is 12.8 Å². The highest BCUT2D eigenvalue weighted by atomic mass is 16.5. The summed E-state index contributed by atoms with van der Waals surface area (Å²) in [5.41, 5.74) is 6.34. The zero-order valence-corrected chi connectivity index (χ0v) is 23.3. The number of ketones is 1. The van der Waals surface area contributed by atoms with E-state index >= 15 is 0 Å². The molecule has 2 aliphatic heterocycles. The van der Waals surface area contributed by atoms with Gasteiger partial charge < -0.3 is 14.6 Å². The SMILES string of the molecule is CC1(C)c2cc(N3CCOCC3)c(C#CCN3CCN(C4CC4)CC3)cc2C(=O)c2c1[nH]c1cc(C#N)ccc21. The van der Waals surface area contributed by atoms with Crippen molar-refractivity contribution < 1.29 is 9.53 Å². The van der Waals surface area contributed by atoms with E-state index in [4.69, 9.17) is 4.74 Å². The highest BCUT2D eigenvalue weighted by Crippen LogP contribution is 2.45. The van der Waals surface area contributed by atoms with E-state index in [9.17, 15) is 10.1 Å². The van der Waals surface area contributed by atoms with Gasteiger partial charge in [0, 0.05) is 78.4 Å². The molecule has 0 atom stereocenters. The first-order valence-corrected chi connectivity index (χ1v) is 14.5. The van der Waals surface area contributed by atoms with Crippen molar-refractivity contribution in [2.75, 3.05) is 63.9 Å². The van der Waals surface area contributed by atoms with Crippen LogP contribution in [-0.4, -0.2) is 85.6 Å². The highest BCUT2D eigenvalue weighted by molar-refractivity contribution is 6.20. The van der Waals surface area contributed by atoms with Gasteiger partial charge in [-0.15, -0.1) is 0 Å². The van der Waals surface area contributed by atoms with Crippen LogP contribution in [0.2, 0.25) is 0 Å². The number of rotatable bonds is 3. The van der Waals surface area contributed by atoms with Crippen molar-refractivity contribution in [1.29, 1.82) is 5.26 Å². The van der Waals surface area contributed by atoms with Gasteiger partial charge in [0.2, 0.25) is 0 Å². The Hall–Kier alpha value is -3.62. The lowest BCUT2D eigenvalue weighted by atomic mass is 9.70. The maximum atomic E-state index is 14.1. The molecule has 7 heteroatoms. The average molecular weight is 534 g/mol. The number of benzene rings is 2. The van der Waals surface area contributed by atoms with Crippen molar-refractivity contribution in [2.45, 2.75) is 38.1 Å². The molecule has 1 aromatic heterocycles. The number of nitriles is 1. The van der Waals surface area contributed by atoms with Gasteiger partial charge in [0.25, 0.3) is 0 Å². The molecule has 0 spiro atoms. The number of fused-ring (bicyclic) bond motifs is 4. The third-order valence-electron chi connectivity index (χ3n) is 9.18. The first-order chi connectivity index (χ1) is 19.4. The number of carbonyl (C=O) groups is 1. The summed E-state index contributed by atoms with van der Waals surface area (Å²) in [6.07, 6.45) is 2.72. The van der Waals surface area contributed by atoms with Gasteiger partial charge in [-0.1, -0.05) is 31.8 Å². The average Bonchev–Trinajstić information content (AvgIpc) is 3.76. The van der Waals surface area contributed by atoms with Gasteiger partial charge >= 0.3 is 0 Å². The van der Waals surface area contributed by atoms with E-state index < -0.39 is 5.41 Å². The molecule has 2 aromatic carbocycles. The molecule has 3 fully saturated rings. The Morgan fingerprint density at radius 3 is 2.55 bits per heavy atom. The zero-order valence-electron chi connectivity index (χ0n) is 23.3. The quantitative estimate of drug-likeness (QED) is 0.515. The number of nitrogens with zero attached hydrogens (tertiary/aromatic N) is 4.